The van der Waals surface area contributed by atoms with Gasteiger partial charge in [-0.15, -0.1) is 0 Å². The number of benzene rings is 1. The van der Waals surface area contributed by atoms with Gasteiger partial charge in [0.05, 0.1) is 17.4 Å². The third-order valence-corrected chi connectivity index (χ3v) is 3.48. The maximum Gasteiger partial charge on any atom is 0.253 e. The van der Waals surface area contributed by atoms with Crippen LogP contribution in [-0.4, -0.2) is 34.1 Å². The van der Waals surface area contributed by atoms with Gasteiger partial charge in [0.1, 0.15) is 11.3 Å². The number of hydrogen-bond acceptors (Lipinski definition) is 3. The molecule has 0 fully saturated rings. The lowest BCUT2D eigenvalue weighted by Crippen LogP contribution is -2.26. The molecule has 0 spiro atoms. The van der Waals surface area contributed by atoms with Crippen molar-refractivity contribution in [3.05, 3.63) is 29.8 Å². The molecule has 0 aliphatic heterocycles. The molecule has 0 bridgehead atoms. The Morgan fingerprint density at radius 3 is 2.95 bits per heavy atom. The fourth-order valence-corrected chi connectivity index (χ4v) is 2.13. The van der Waals surface area contributed by atoms with Crippen LogP contribution in [0.4, 0.5) is 4.39 Å². The molecule has 0 aliphatic rings. The number of nitrogens with one attached hydrogen (secondary N) is 2. The molecule has 0 unspecified atom stereocenters. The van der Waals surface area contributed by atoms with Crippen molar-refractivity contribution in [3.63, 3.8) is 0 Å². The molecule has 114 valence electrons. The van der Waals surface area contributed by atoms with Gasteiger partial charge in [0.25, 0.3) is 5.91 Å². The van der Waals surface area contributed by atoms with Gasteiger partial charge in [-0.1, -0.05) is 13.8 Å². The zero-order valence-electron chi connectivity index (χ0n) is 12.2. The average molecular weight is 293 g/mol. The lowest BCUT2D eigenvalue weighted by molar-refractivity contribution is 0.0949. The number of fused-ring (bicyclic) bond motifs is 1. The first kappa shape index (κ1) is 15.4. The summed E-state index contributed by atoms with van der Waals surface area (Å²) in [7, 11) is 0. The summed E-state index contributed by atoms with van der Waals surface area (Å²) < 4.78 is 13.5. The third-order valence-electron chi connectivity index (χ3n) is 3.48. The van der Waals surface area contributed by atoms with E-state index in [1.165, 1.54) is 18.5 Å². The monoisotopic (exact) mass is 293 g/mol. The van der Waals surface area contributed by atoms with Crippen molar-refractivity contribution < 1.29 is 14.3 Å². The van der Waals surface area contributed by atoms with Crippen LogP contribution in [-0.2, 0) is 0 Å². The number of carbonyl (C=O) groups is 1. The van der Waals surface area contributed by atoms with Crippen molar-refractivity contribution in [2.75, 3.05) is 13.2 Å². The van der Waals surface area contributed by atoms with Gasteiger partial charge < -0.3 is 15.4 Å². The topological polar surface area (TPSA) is 78.0 Å². The highest BCUT2D eigenvalue weighted by Gasteiger charge is 2.17. The molecule has 21 heavy (non-hydrogen) atoms. The smallest absolute Gasteiger partial charge is 0.253 e. The number of nitrogens with zero attached hydrogens (tertiary/aromatic N) is 1. The summed E-state index contributed by atoms with van der Waals surface area (Å²) in [4.78, 5) is 19.0. The summed E-state index contributed by atoms with van der Waals surface area (Å²) in [6.07, 6.45) is 2.98. The lowest BCUT2D eigenvalue weighted by atomic mass is 9.89. The Hall–Kier alpha value is -1.95. The Morgan fingerprint density at radius 2 is 2.24 bits per heavy atom. The molecule has 1 amide bonds. The van der Waals surface area contributed by atoms with Gasteiger partial charge in [0.15, 0.2) is 0 Å². The van der Waals surface area contributed by atoms with Crippen molar-refractivity contribution in [1.82, 2.24) is 15.3 Å². The summed E-state index contributed by atoms with van der Waals surface area (Å²) in [6.45, 7) is 4.52. The minimum atomic E-state index is -0.474. The van der Waals surface area contributed by atoms with E-state index in [0.717, 1.165) is 12.8 Å². The molecule has 6 heteroatoms. The minimum Gasteiger partial charge on any atom is -0.396 e. The second-order valence-corrected chi connectivity index (χ2v) is 5.93. The fraction of sp³-hybridized carbons (Fsp3) is 0.467. The Balaban J connectivity index is 1.98. The number of aliphatic hydroxyl groups is 1. The van der Waals surface area contributed by atoms with Crippen LogP contribution < -0.4 is 5.32 Å². The Bertz CT molecular complexity index is 637. The van der Waals surface area contributed by atoms with Crippen molar-refractivity contribution in [1.29, 1.82) is 0 Å². The summed E-state index contributed by atoms with van der Waals surface area (Å²) in [5.41, 5.74) is 1.04. The molecule has 2 rings (SSSR count). The number of amides is 1. The van der Waals surface area contributed by atoms with Crippen LogP contribution in [0, 0.1) is 11.2 Å². The molecular weight excluding hydrogens is 273 g/mol. The van der Waals surface area contributed by atoms with Gasteiger partial charge in [0, 0.05) is 13.2 Å². The zero-order chi connectivity index (χ0) is 15.5. The van der Waals surface area contributed by atoms with E-state index >= 15 is 0 Å². The molecule has 3 N–H and O–H groups in total. The predicted molar refractivity (Wildman–Crippen MR) is 78.5 cm³/mol. The first-order valence-electron chi connectivity index (χ1n) is 6.95. The van der Waals surface area contributed by atoms with E-state index in [1.807, 2.05) is 13.8 Å². The SMILES string of the molecule is CC(C)(CO)CCCNC(=O)c1cc(F)cc2[nH]cnc12. The van der Waals surface area contributed by atoms with Crippen molar-refractivity contribution in [3.8, 4) is 0 Å². The number of carbonyl (C=O) groups excluding carboxylic acids is 1. The maximum atomic E-state index is 13.5. The van der Waals surface area contributed by atoms with Gasteiger partial charge in [-0.3, -0.25) is 4.79 Å². The number of halogens is 1. The molecule has 0 radical (unpaired) electrons. The minimum absolute atomic E-state index is 0.110. The number of H-pyrrole nitrogens is 1. The molecule has 0 aliphatic carbocycles. The van der Waals surface area contributed by atoms with Crippen molar-refractivity contribution in [2.24, 2.45) is 5.41 Å². The van der Waals surface area contributed by atoms with Gasteiger partial charge in [0.2, 0.25) is 0 Å². The van der Waals surface area contributed by atoms with E-state index in [0.29, 0.717) is 17.6 Å². The Kier molecular flexibility index (Phi) is 4.57. The molecule has 0 atom stereocenters. The van der Waals surface area contributed by atoms with Gasteiger partial charge >= 0.3 is 0 Å². The number of aromatic nitrogens is 2. The molecular formula is C15H20FN3O2. The Labute approximate surface area is 122 Å². The first-order valence-corrected chi connectivity index (χ1v) is 6.95. The quantitative estimate of drug-likeness (QED) is 0.715. The number of aliphatic hydroxyl groups excluding tert-OH is 1. The number of aromatic amines is 1. The van der Waals surface area contributed by atoms with Crippen LogP contribution in [0.25, 0.3) is 11.0 Å². The molecule has 0 saturated carbocycles. The number of hydrogen-bond donors (Lipinski definition) is 3. The normalized spacial score (nSPS) is 11.8. The summed E-state index contributed by atoms with van der Waals surface area (Å²) >= 11 is 0. The first-order chi connectivity index (χ1) is 9.93. The van der Waals surface area contributed by atoms with Crippen LogP contribution in [0.2, 0.25) is 0 Å². The fourth-order valence-electron chi connectivity index (χ4n) is 2.13. The van der Waals surface area contributed by atoms with Crippen LogP contribution in [0.15, 0.2) is 18.5 Å². The van der Waals surface area contributed by atoms with Crippen LogP contribution >= 0.6 is 0 Å². The van der Waals surface area contributed by atoms with E-state index in [1.54, 1.807) is 0 Å². The highest BCUT2D eigenvalue weighted by molar-refractivity contribution is 6.04. The van der Waals surface area contributed by atoms with E-state index < -0.39 is 5.82 Å². The molecule has 0 saturated heterocycles. The average Bonchev–Trinajstić information content (AvgIpc) is 2.90. The lowest BCUT2D eigenvalue weighted by Gasteiger charge is -2.21. The molecule has 1 aromatic carbocycles. The molecule has 2 aromatic rings. The molecule has 5 nitrogen and oxygen atoms in total. The summed E-state index contributed by atoms with van der Waals surface area (Å²) in [6, 6.07) is 2.50. The van der Waals surface area contributed by atoms with Gasteiger partial charge in [-0.05, 0) is 30.4 Å². The van der Waals surface area contributed by atoms with E-state index in [2.05, 4.69) is 15.3 Å². The maximum absolute atomic E-state index is 13.5. The van der Waals surface area contributed by atoms with E-state index in [9.17, 15) is 9.18 Å². The molecule has 1 heterocycles. The van der Waals surface area contributed by atoms with E-state index in [4.69, 9.17) is 5.11 Å². The van der Waals surface area contributed by atoms with Crippen molar-refractivity contribution in [2.45, 2.75) is 26.7 Å². The van der Waals surface area contributed by atoms with E-state index in [-0.39, 0.29) is 23.5 Å². The van der Waals surface area contributed by atoms with Crippen LogP contribution in [0.5, 0.6) is 0 Å². The highest BCUT2D eigenvalue weighted by atomic mass is 19.1. The number of rotatable bonds is 6. The summed E-state index contributed by atoms with van der Waals surface area (Å²) in [5.74, 6) is -0.813. The second-order valence-electron chi connectivity index (χ2n) is 5.93. The van der Waals surface area contributed by atoms with Crippen LogP contribution in [0.3, 0.4) is 0 Å². The van der Waals surface area contributed by atoms with Gasteiger partial charge in [-0.2, -0.15) is 0 Å². The van der Waals surface area contributed by atoms with Gasteiger partial charge in [-0.25, -0.2) is 9.37 Å². The molecule has 1 aromatic heterocycles. The third kappa shape index (κ3) is 3.78. The van der Waals surface area contributed by atoms with Crippen LogP contribution in [0.1, 0.15) is 37.0 Å². The zero-order valence-corrected chi connectivity index (χ0v) is 12.2. The van der Waals surface area contributed by atoms with Crippen molar-refractivity contribution >= 4 is 16.9 Å². The second kappa shape index (κ2) is 6.22. The Morgan fingerprint density at radius 1 is 1.48 bits per heavy atom. The standard InChI is InChI=1S/C15H20FN3O2/c1-15(2,8-20)4-3-5-17-14(21)11-6-10(16)7-12-13(11)19-9-18-12/h6-7,9,20H,3-5,8H2,1-2H3,(H,17,21)(H,18,19). The highest BCUT2D eigenvalue weighted by Crippen LogP contribution is 2.21. The summed E-state index contributed by atoms with van der Waals surface area (Å²) in [5, 5.41) is 11.9. The predicted octanol–water partition coefficient (Wildman–Crippen LogP) is 2.23. The largest absolute Gasteiger partial charge is 0.396 e. The number of imidazole rings is 1.